The summed E-state index contributed by atoms with van der Waals surface area (Å²) in [6.45, 7) is 2.69. The van der Waals surface area contributed by atoms with Gasteiger partial charge in [-0.25, -0.2) is 0 Å². The summed E-state index contributed by atoms with van der Waals surface area (Å²) in [7, 11) is 0.722. The third-order valence-corrected chi connectivity index (χ3v) is 4.72. The molecule has 0 fully saturated rings. The van der Waals surface area contributed by atoms with Crippen LogP contribution >= 0.6 is 0 Å². The highest BCUT2D eigenvalue weighted by Crippen LogP contribution is 2.16. The van der Waals surface area contributed by atoms with Gasteiger partial charge >= 0.3 is 8.80 Å². The van der Waals surface area contributed by atoms with Crippen molar-refractivity contribution in [2.24, 2.45) is 11.5 Å². The van der Waals surface area contributed by atoms with E-state index in [4.69, 9.17) is 24.7 Å². The van der Waals surface area contributed by atoms with E-state index in [1.54, 1.807) is 14.2 Å². The fourth-order valence-corrected chi connectivity index (χ4v) is 3.24. The first-order valence-corrected chi connectivity index (χ1v) is 6.78. The van der Waals surface area contributed by atoms with E-state index < -0.39 is 8.80 Å². The molecule has 0 aromatic heterocycles. The van der Waals surface area contributed by atoms with E-state index in [-0.39, 0.29) is 6.17 Å². The third-order valence-electron chi connectivity index (χ3n) is 1.93. The van der Waals surface area contributed by atoms with Crippen LogP contribution in [0.5, 0.6) is 0 Å². The van der Waals surface area contributed by atoms with Gasteiger partial charge in [0.05, 0.1) is 6.17 Å². The largest absolute Gasteiger partial charge is 0.500 e. The molecular formula is C8H22N2O3Si. The van der Waals surface area contributed by atoms with Crippen molar-refractivity contribution in [1.82, 2.24) is 0 Å². The molecule has 0 saturated heterocycles. The predicted octanol–water partition coefficient (Wildman–Crippen LogP) is 0.278. The number of hydrogen-bond donors (Lipinski definition) is 2. The second kappa shape index (κ2) is 7.33. The van der Waals surface area contributed by atoms with Crippen molar-refractivity contribution in [3.8, 4) is 0 Å². The predicted molar refractivity (Wildman–Crippen MR) is 57.6 cm³/mol. The summed E-state index contributed by atoms with van der Waals surface area (Å²) in [6, 6.07) is 0.664. The molecule has 0 radical (unpaired) electrons. The smallest absolute Gasteiger partial charge is 0.377 e. The summed E-state index contributed by atoms with van der Waals surface area (Å²) in [5, 5.41) is 0. The number of hydrogen-bond acceptors (Lipinski definition) is 5. The van der Waals surface area contributed by atoms with Crippen LogP contribution in [0.3, 0.4) is 0 Å². The molecule has 5 nitrogen and oxygen atoms in total. The molecule has 0 heterocycles. The van der Waals surface area contributed by atoms with Gasteiger partial charge in [0.1, 0.15) is 0 Å². The summed E-state index contributed by atoms with van der Waals surface area (Å²) in [5.74, 6) is 0. The van der Waals surface area contributed by atoms with Crippen LogP contribution in [0.15, 0.2) is 0 Å². The van der Waals surface area contributed by atoms with Crippen molar-refractivity contribution in [1.29, 1.82) is 0 Å². The van der Waals surface area contributed by atoms with Gasteiger partial charge < -0.3 is 24.7 Å². The van der Waals surface area contributed by atoms with Crippen molar-refractivity contribution < 1.29 is 13.3 Å². The second-order valence-corrected chi connectivity index (χ2v) is 6.11. The molecule has 0 bridgehead atoms. The van der Waals surface area contributed by atoms with Gasteiger partial charge in [-0.1, -0.05) is 6.92 Å². The Bertz CT molecular complexity index is 143. The topological polar surface area (TPSA) is 79.7 Å². The van der Waals surface area contributed by atoms with E-state index in [0.29, 0.717) is 19.1 Å². The Morgan fingerprint density at radius 3 is 2.14 bits per heavy atom. The highest BCUT2D eigenvalue weighted by Gasteiger charge is 2.38. The molecule has 86 valence electrons. The SMILES string of the molecule is CCCO[Si](CCC(N)N)(OC)OC. The Morgan fingerprint density at radius 1 is 1.21 bits per heavy atom. The lowest BCUT2D eigenvalue weighted by Crippen LogP contribution is -2.46. The molecule has 0 aliphatic carbocycles. The van der Waals surface area contributed by atoms with Crippen LogP contribution in [0.4, 0.5) is 0 Å². The fraction of sp³-hybridized carbons (Fsp3) is 1.00. The Balaban J connectivity index is 4.07. The fourth-order valence-electron chi connectivity index (χ4n) is 1.08. The summed E-state index contributed by atoms with van der Waals surface area (Å²) in [5.41, 5.74) is 10.9. The molecule has 0 unspecified atom stereocenters. The maximum absolute atomic E-state index is 5.61. The van der Waals surface area contributed by atoms with Gasteiger partial charge in [0.15, 0.2) is 0 Å². The molecule has 0 amide bonds. The van der Waals surface area contributed by atoms with Crippen LogP contribution in [-0.2, 0) is 13.3 Å². The van der Waals surface area contributed by atoms with Crippen molar-refractivity contribution in [3.63, 3.8) is 0 Å². The molecular weight excluding hydrogens is 200 g/mol. The Morgan fingerprint density at radius 2 is 1.79 bits per heavy atom. The van der Waals surface area contributed by atoms with Gasteiger partial charge in [-0.3, -0.25) is 0 Å². The van der Waals surface area contributed by atoms with Crippen LogP contribution in [-0.4, -0.2) is 35.8 Å². The summed E-state index contributed by atoms with van der Waals surface area (Å²) < 4.78 is 16.3. The number of rotatable bonds is 8. The maximum Gasteiger partial charge on any atom is 0.500 e. The van der Waals surface area contributed by atoms with Gasteiger partial charge in [0.25, 0.3) is 0 Å². The minimum absolute atomic E-state index is 0.336. The van der Waals surface area contributed by atoms with E-state index in [0.717, 1.165) is 6.42 Å². The highest BCUT2D eigenvalue weighted by atomic mass is 28.4. The molecule has 14 heavy (non-hydrogen) atoms. The lowest BCUT2D eigenvalue weighted by molar-refractivity contribution is 0.0972. The third kappa shape index (κ3) is 5.04. The molecule has 4 N–H and O–H groups in total. The van der Waals surface area contributed by atoms with Crippen LogP contribution in [0.1, 0.15) is 19.8 Å². The van der Waals surface area contributed by atoms with Crippen LogP contribution < -0.4 is 11.5 Å². The zero-order chi connectivity index (χ0) is 11.0. The minimum atomic E-state index is -2.49. The normalized spacial score (nSPS) is 12.4. The Hall–Kier alpha value is 0.0169. The lowest BCUT2D eigenvalue weighted by Gasteiger charge is -2.26. The van der Waals surface area contributed by atoms with Crippen LogP contribution in [0.25, 0.3) is 0 Å². The number of nitrogens with two attached hydrogens (primary N) is 2. The highest BCUT2D eigenvalue weighted by molar-refractivity contribution is 6.60. The van der Waals surface area contributed by atoms with Crippen LogP contribution in [0, 0.1) is 0 Å². The van der Waals surface area contributed by atoms with Gasteiger partial charge in [0.2, 0.25) is 0 Å². The Labute approximate surface area is 87.1 Å². The standard InChI is InChI=1S/C8H22N2O3Si/c1-4-6-13-14(11-2,12-3)7-5-8(9)10/h8H,4-7,9-10H2,1-3H3. The van der Waals surface area contributed by atoms with Crippen LogP contribution in [0.2, 0.25) is 6.04 Å². The van der Waals surface area contributed by atoms with Gasteiger partial charge in [-0.05, 0) is 12.8 Å². The summed E-state index contributed by atoms with van der Waals surface area (Å²) in [4.78, 5) is 0. The molecule has 0 aromatic carbocycles. The zero-order valence-corrected chi connectivity index (χ0v) is 10.3. The first kappa shape index (κ1) is 14.0. The maximum atomic E-state index is 5.61. The first-order chi connectivity index (χ1) is 6.60. The zero-order valence-electron chi connectivity index (χ0n) is 9.29. The molecule has 6 heteroatoms. The average molecular weight is 222 g/mol. The van der Waals surface area contributed by atoms with Crippen molar-refractivity contribution in [2.45, 2.75) is 32.0 Å². The second-order valence-electron chi connectivity index (χ2n) is 3.14. The molecule has 0 saturated carbocycles. The van der Waals surface area contributed by atoms with Crippen molar-refractivity contribution in [3.05, 3.63) is 0 Å². The first-order valence-electron chi connectivity index (χ1n) is 4.85. The van der Waals surface area contributed by atoms with E-state index in [1.807, 2.05) is 6.92 Å². The molecule has 0 atom stereocenters. The van der Waals surface area contributed by atoms with Crippen molar-refractivity contribution >= 4 is 8.80 Å². The molecule has 0 aliphatic heterocycles. The minimum Gasteiger partial charge on any atom is -0.377 e. The van der Waals surface area contributed by atoms with Gasteiger partial charge in [0, 0.05) is 26.9 Å². The van der Waals surface area contributed by atoms with Gasteiger partial charge in [-0.2, -0.15) is 0 Å². The lowest BCUT2D eigenvalue weighted by atomic mass is 10.4. The quantitative estimate of drug-likeness (QED) is 0.455. The van der Waals surface area contributed by atoms with Gasteiger partial charge in [-0.15, -0.1) is 0 Å². The molecule has 0 rings (SSSR count). The molecule has 0 aromatic rings. The summed E-state index contributed by atoms with van der Waals surface area (Å²) in [6.07, 6.45) is 1.26. The van der Waals surface area contributed by atoms with E-state index in [2.05, 4.69) is 0 Å². The van der Waals surface area contributed by atoms with Crippen molar-refractivity contribution in [2.75, 3.05) is 20.8 Å². The van der Waals surface area contributed by atoms with E-state index >= 15 is 0 Å². The van der Waals surface area contributed by atoms with E-state index in [1.165, 1.54) is 0 Å². The molecule has 0 aliphatic rings. The average Bonchev–Trinajstić information content (AvgIpc) is 2.19. The summed E-state index contributed by atoms with van der Waals surface area (Å²) >= 11 is 0. The molecule has 0 spiro atoms. The Kier molecular flexibility index (Phi) is 7.34. The van der Waals surface area contributed by atoms with E-state index in [9.17, 15) is 0 Å². The monoisotopic (exact) mass is 222 g/mol.